The highest BCUT2D eigenvalue weighted by Crippen LogP contribution is 2.31. The van der Waals surface area contributed by atoms with E-state index in [4.69, 9.17) is 27.9 Å². The third-order valence-electron chi connectivity index (χ3n) is 3.57. The van der Waals surface area contributed by atoms with Gasteiger partial charge in [-0.15, -0.1) is 11.3 Å². The smallest absolute Gasteiger partial charge is 0.230 e. The molecule has 26 heavy (non-hydrogen) atoms. The Bertz CT molecular complexity index is 943. The first-order valence-corrected chi connectivity index (χ1v) is 9.47. The molecule has 0 saturated heterocycles. The lowest BCUT2D eigenvalue weighted by Crippen LogP contribution is -2.22. The van der Waals surface area contributed by atoms with Crippen LogP contribution in [-0.4, -0.2) is 10.9 Å². The van der Waals surface area contributed by atoms with Crippen molar-refractivity contribution < 1.29 is 9.53 Å². The number of carbonyl (C=O) groups is 1. The fourth-order valence-corrected chi connectivity index (χ4v) is 3.60. The molecule has 0 atom stereocenters. The molecule has 0 aliphatic heterocycles. The van der Waals surface area contributed by atoms with E-state index in [0.29, 0.717) is 26.6 Å². The summed E-state index contributed by atoms with van der Waals surface area (Å²) in [6, 6.07) is 12.8. The lowest BCUT2D eigenvalue weighted by atomic mass is 10.2. The summed E-state index contributed by atoms with van der Waals surface area (Å²) in [5, 5.41) is 3.49. The van der Waals surface area contributed by atoms with E-state index in [-0.39, 0.29) is 12.5 Å². The Morgan fingerprint density at radius 2 is 2.04 bits per heavy atom. The van der Waals surface area contributed by atoms with Gasteiger partial charge in [0.2, 0.25) is 5.91 Å². The van der Waals surface area contributed by atoms with Gasteiger partial charge in [-0.3, -0.25) is 9.69 Å². The van der Waals surface area contributed by atoms with Crippen LogP contribution in [-0.2, 0) is 11.4 Å². The SMILES string of the molecule is CC(=O)N(c1cccc(C)c1)c1nc(COc2cc(Cl)ccc2Cl)cs1. The molecule has 0 radical (unpaired) electrons. The molecule has 0 N–H and O–H groups in total. The molecule has 3 aromatic rings. The molecule has 0 bridgehead atoms. The Morgan fingerprint density at radius 3 is 2.77 bits per heavy atom. The first-order valence-electron chi connectivity index (χ1n) is 7.83. The van der Waals surface area contributed by atoms with Crippen LogP contribution < -0.4 is 9.64 Å². The maximum absolute atomic E-state index is 12.2. The summed E-state index contributed by atoms with van der Waals surface area (Å²) in [6.45, 7) is 3.74. The molecule has 3 rings (SSSR count). The normalized spacial score (nSPS) is 10.6. The standard InChI is InChI=1S/C19H16Cl2N2O2S/c1-12-4-3-5-16(8-12)23(13(2)24)19-22-15(11-26-19)10-25-18-9-14(20)6-7-17(18)21/h3-9,11H,10H2,1-2H3. The van der Waals surface area contributed by atoms with E-state index in [9.17, 15) is 4.79 Å². The molecule has 0 spiro atoms. The van der Waals surface area contributed by atoms with Gasteiger partial charge in [-0.1, -0.05) is 35.3 Å². The predicted molar refractivity (Wildman–Crippen MR) is 107 cm³/mol. The molecule has 1 amide bonds. The molecule has 0 saturated carbocycles. The topological polar surface area (TPSA) is 42.4 Å². The van der Waals surface area contributed by atoms with E-state index in [1.807, 2.05) is 36.6 Å². The van der Waals surface area contributed by atoms with Gasteiger partial charge in [0.05, 0.1) is 16.4 Å². The maximum atomic E-state index is 12.2. The van der Waals surface area contributed by atoms with E-state index in [1.54, 1.807) is 23.1 Å². The van der Waals surface area contributed by atoms with Crippen molar-refractivity contribution in [2.45, 2.75) is 20.5 Å². The minimum Gasteiger partial charge on any atom is -0.486 e. The molecule has 4 nitrogen and oxygen atoms in total. The quantitative estimate of drug-likeness (QED) is 0.519. The number of hydrogen-bond donors (Lipinski definition) is 0. The van der Waals surface area contributed by atoms with Crippen molar-refractivity contribution in [2.24, 2.45) is 0 Å². The fourth-order valence-electron chi connectivity index (χ4n) is 2.40. The van der Waals surface area contributed by atoms with Gasteiger partial charge in [-0.05, 0) is 36.8 Å². The highest BCUT2D eigenvalue weighted by Gasteiger charge is 2.18. The minimum atomic E-state index is -0.102. The van der Waals surface area contributed by atoms with Crippen molar-refractivity contribution in [3.05, 3.63) is 69.1 Å². The van der Waals surface area contributed by atoms with Crippen LogP contribution in [0.4, 0.5) is 10.8 Å². The molecule has 7 heteroatoms. The van der Waals surface area contributed by atoms with Gasteiger partial charge in [0.25, 0.3) is 0 Å². The number of carbonyl (C=O) groups excluding carboxylic acids is 1. The monoisotopic (exact) mass is 406 g/mol. The maximum Gasteiger partial charge on any atom is 0.230 e. The highest BCUT2D eigenvalue weighted by atomic mass is 35.5. The number of anilines is 2. The average Bonchev–Trinajstić information content (AvgIpc) is 3.04. The molecule has 1 aromatic heterocycles. The predicted octanol–water partition coefficient (Wildman–Crippen LogP) is 6.02. The molecular weight excluding hydrogens is 391 g/mol. The summed E-state index contributed by atoms with van der Waals surface area (Å²) in [6.07, 6.45) is 0. The van der Waals surface area contributed by atoms with Crippen LogP contribution in [0.15, 0.2) is 47.8 Å². The Labute approximate surface area is 166 Å². The Hall–Kier alpha value is -2.08. The van der Waals surface area contributed by atoms with Gasteiger partial charge in [0.1, 0.15) is 12.4 Å². The Morgan fingerprint density at radius 1 is 1.23 bits per heavy atom. The van der Waals surface area contributed by atoms with Crippen molar-refractivity contribution in [2.75, 3.05) is 4.90 Å². The van der Waals surface area contributed by atoms with Gasteiger partial charge in [0.15, 0.2) is 5.13 Å². The zero-order valence-corrected chi connectivity index (χ0v) is 16.5. The number of halogens is 2. The van der Waals surface area contributed by atoms with Gasteiger partial charge < -0.3 is 4.74 Å². The van der Waals surface area contributed by atoms with E-state index >= 15 is 0 Å². The van der Waals surface area contributed by atoms with Crippen LogP contribution in [0, 0.1) is 6.92 Å². The van der Waals surface area contributed by atoms with Crippen molar-refractivity contribution >= 4 is 51.3 Å². The Balaban J connectivity index is 1.79. The molecule has 0 aliphatic rings. The zero-order valence-electron chi connectivity index (χ0n) is 14.2. The summed E-state index contributed by atoms with van der Waals surface area (Å²) in [4.78, 5) is 18.3. The lowest BCUT2D eigenvalue weighted by Gasteiger charge is -2.18. The van der Waals surface area contributed by atoms with Gasteiger partial charge in [-0.2, -0.15) is 0 Å². The van der Waals surface area contributed by atoms with E-state index in [2.05, 4.69) is 4.98 Å². The summed E-state index contributed by atoms with van der Waals surface area (Å²) in [5.41, 5.74) is 2.57. The fraction of sp³-hybridized carbons (Fsp3) is 0.158. The average molecular weight is 407 g/mol. The third kappa shape index (κ3) is 4.36. The van der Waals surface area contributed by atoms with Gasteiger partial charge in [0, 0.05) is 23.4 Å². The first-order chi connectivity index (χ1) is 12.4. The molecule has 0 aliphatic carbocycles. The van der Waals surface area contributed by atoms with Crippen LogP contribution >= 0.6 is 34.5 Å². The van der Waals surface area contributed by atoms with Crippen LogP contribution in [0.3, 0.4) is 0 Å². The number of nitrogens with zero attached hydrogens (tertiary/aromatic N) is 2. The number of rotatable bonds is 5. The van der Waals surface area contributed by atoms with Crippen LogP contribution in [0.2, 0.25) is 10.0 Å². The molecule has 0 unspecified atom stereocenters. The zero-order chi connectivity index (χ0) is 18.7. The second-order valence-corrected chi connectivity index (χ2v) is 7.36. The highest BCUT2D eigenvalue weighted by molar-refractivity contribution is 7.14. The number of amides is 1. The van der Waals surface area contributed by atoms with Crippen LogP contribution in [0.25, 0.3) is 0 Å². The molecule has 2 aromatic carbocycles. The first kappa shape index (κ1) is 18.7. The minimum absolute atomic E-state index is 0.102. The second kappa shape index (κ2) is 8.08. The van der Waals surface area contributed by atoms with Crippen molar-refractivity contribution in [3.8, 4) is 5.75 Å². The molecular formula is C19H16Cl2N2O2S. The number of aryl methyl sites for hydroxylation is 1. The number of hydrogen-bond acceptors (Lipinski definition) is 4. The summed E-state index contributed by atoms with van der Waals surface area (Å²) >= 11 is 13.4. The van der Waals surface area contributed by atoms with Crippen LogP contribution in [0.1, 0.15) is 18.2 Å². The summed E-state index contributed by atoms with van der Waals surface area (Å²) in [7, 11) is 0. The molecule has 0 fully saturated rings. The number of benzene rings is 2. The van der Waals surface area contributed by atoms with E-state index in [0.717, 1.165) is 11.3 Å². The summed E-state index contributed by atoms with van der Waals surface area (Å²) in [5.74, 6) is 0.395. The van der Waals surface area contributed by atoms with Crippen molar-refractivity contribution in [3.63, 3.8) is 0 Å². The molecule has 1 heterocycles. The van der Waals surface area contributed by atoms with E-state index in [1.165, 1.54) is 18.3 Å². The largest absolute Gasteiger partial charge is 0.486 e. The summed E-state index contributed by atoms with van der Waals surface area (Å²) < 4.78 is 5.71. The number of aromatic nitrogens is 1. The van der Waals surface area contributed by atoms with Gasteiger partial charge >= 0.3 is 0 Å². The molecule has 134 valence electrons. The van der Waals surface area contributed by atoms with E-state index < -0.39 is 0 Å². The van der Waals surface area contributed by atoms with Crippen molar-refractivity contribution in [1.82, 2.24) is 4.98 Å². The van der Waals surface area contributed by atoms with Gasteiger partial charge in [-0.25, -0.2) is 4.98 Å². The number of thiazole rings is 1. The van der Waals surface area contributed by atoms with Crippen LogP contribution in [0.5, 0.6) is 5.75 Å². The second-order valence-electron chi connectivity index (χ2n) is 5.68. The third-order valence-corrected chi connectivity index (χ3v) is 5.00. The Kier molecular flexibility index (Phi) is 5.81. The number of ether oxygens (including phenoxy) is 1. The van der Waals surface area contributed by atoms with Crippen molar-refractivity contribution in [1.29, 1.82) is 0 Å². The lowest BCUT2D eigenvalue weighted by molar-refractivity contribution is -0.115.